The molecule has 0 radical (unpaired) electrons. The van der Waals surface area contributed by atoms with Crippen LogP contribution in [0.5, 0.6) is 0 Å². The molecule has 1 aromatic carbocycles. The van der Waals surface area contributed by atoms with E-state index in [-0.39, 0.29) is 12.5 Å². The van der Waals surface area contributed by atoms with Crippen molar-refractivity contribution in [2.24, 2.45) is 0 Å². The number of oxazole rings is 1. The molecule has 26 heavy (non-hydrogen) atoms. The first-order valence-corrected chi connectivity index (χ1v) is 9.47. The molecule has 0 spiro atoms. The van der Waals surface area contributed by atoms with Gasteiger partial charge in [0.2, 0.25) is 5.91 Å². The highest BCUT2D eigenvalue weighted by Gasteiger charge is 2.24. The van der Waals surface area contributed by atoms with Crippen LogP contribution in [0.15, 0.2) is 46.1 Å². The summed E-state index contributed by atoms with van der Waals surface area (Å²) in [5.41, 5.74) is 2.19. The molecule has 4 rings (SSSR count). The number of amides is 1. The van der Waals surface area contributed by atoms with Gasteiger partial charge in [-0.15, -0.1) is 17.9 Å². The van der Waals surface area contributed by atoms with Gasteiger partial charge in [-0.1, -0.05) is 18.2 Å². The van der Waals surface area contributed by atoms with E-state index in [1.165, 1.54) is 15.9 Å². The van der Waals surface area contributed by atoms with Crippen LogP contribution >= 0.6 is 11.3 Å². The number of hydrogen-bond donors (Lipinski definition) is 0. The first-order chi connectivity index (χ1) is 12.7. The van der Waals surface area contributed by atoms with Crippen LogP contribution in [-0.2, 0) is 24.2 Å². The summed E-state index contributed by atoms with van der Waals surface area (Å²) >= 11 is 1.57. The van der Waals surface area contributed by atoms with Gasteiger partial charge in [-0.2, -0.15) is 0 Å². The minimum absolute atomic E-state index is 0.0894. The number of hydrogen-bond acceptors (Lipinski definition) is 5. The zero-order chi connectivity index (χ0) is 18.1. The maximum absolute atomic E-state index is 13.0. The molecule has 0 aliphatic heterocycles. The number of carbonyl (C=O) groups excluding carboxylic acids is 1. The van der Waals surface area contributed by atoms with E-state index in [4.69, 9.17) is 4.42 Å². The quantitative estimate of drug-likeness (QED) is 0.648. The molecule has 3 aromatic rings. The second-order valence-corrected chi connectivity index (χ2v) is 7.35. The predicted octanol–water partition coefficient (Wildman–Crippen LogP) is 3.15. The van der Waals surface area contributed by atoms with Crippen molar-refractivity contribution in [2.75, 3.05) is 11.4 Å². The summed E-state index contributed by atoms with van der Waals surface area (Å²) in [6, 6.07) is 7.09. The van der Waals surface area contributed by atoms with E-state index in [0.717, 1.165) is 25.0 Å². The number of fused-ring (bicyclic) bond motifs is 2. The number of benzene rings is 1. The Labute approximate surface area is 154 Å². The minimum atomic E-state index is -0.531. The molecule has 7 heteroatoms. The van der Waals surface area contributed by atoms with Gasteiger partial charge in [0.15, 0.2) is 10.7 Å². The maximum atomic E-state index is 13.0. The van der Waals surface area contributed by atoms with Crippen LogP contribution in [-0.4, -0.2) is 22.0 Å². The standard InChI is InChI=1S/C19H19N3O3S/c1-2-11-21(18-20-13-7-3-6-10-16(13)26-18)17(23)12-22-14-8-4-5-9-15(14)25-19(22)24/h2,4-5,8-9H,1,3,6-7,10-12H2. The fourth-order valence-electron chi connectivity index (χ4n) is 3.25. The third-order valence-corrected chi connectivity index (χ3v) is 5.73. The Balaban J connectivity index is 1.65. The Kier molecular flexibility index (Phi) is 4.46. The van der Waals surface area contributed by atoms with E-state index in [9.17, 15) is 9.59 Å². The Morgan fingerprint density at radius 3 is 2.96 bits per heavy atom. The molecule has 0 saturated carbocycles. The third-order valence-electron chi connectivity index (χ3n) is 4.55. The molecule has 0 atom stereocenters. The van der Waals surface area contributed by atoms with E-state index >= 15 is 0 Å². The van der Waals surface area contributed by atoms with Gasteiger partial charge in [0.25, 0.3) is 0 Å². The molecule has 0 N–H and O–H groups in total. The van der Waals surface area contributed by atoms with Gasteiger partial charge in [0, 0.05) is 11.4 Å². The van der Waals surface area contributed by atoms with E-state index in [1.807, 2.05) is 6.07 Å². The molecule has 0 bridgehead atoms. The largest absolute Gasteiger partial charge is 0.420 e. The summed E-state index contributed by atoms with van der Waals surface area (Å²) in [7, 11) is 0. The molecule has 6 nitrogen and oxygen atoms in total. The van der Waals surface area contributed by atoms with Gasteiger partial charge in [0.1, 0.15) is 6.54 Å². The van der Waals surface area contributed by atoms with Crippen molar-refractivity contribution in [1.82, 2.24) is 9.55 Å². The fraction of sp³-hybridized carbons (Fsp3) is 0.316. The number of para-hydroxylation sites is 2. The molecule has 134 valence electrons. The molecule has 0 fully saturated rings. The summed E-state index contributed by atoms with van der Waals surface area (Å²) < 4.78 is 6.58. The van der Waals surface area contributed by atoms with E-state index in [2.05, 4.69) is 11.6 Å². The van der Waals surface area contributed by atoms with Crippen molar-refractivity contribution < 1.29 is 9.21 Å². The Morgan fingerprint density at radius 1 is 1.35 bits per heavy atom. The highest BCUT2D eigenvalue weighted by molar-refractivity contribution is 7.16. The van der Waals surface area contributed by atoms with Crippen LogP contribution in [0.1, 0.15) is 23.4 Å². The van der Waals surface area contributed by atoms with Crippen molar-refractivity contribution >= 4 is 33.5 Å². The molecule has 0 unspecified atom stereocenters. The van der Waals surface area contributed by atoms with Crippen molar-refractivity contribution in [3.63, 3.8) is 0 Å². The van der Waals surface area contributed by atoms with E-state index in [1.54, 1.807) is 40.5 Å². The molecule has 0 saturated heterocycles. The van der Waals surface area contributed by atoms with Crippen molar-refractivity contribution in [1.29, 1.82) is 0 Å². The van der Waals surface area contributed by atoms with Crippen LogP contribution in [0.3, 0.4) is 0 Å². The SMILES string of the molecule is C=CCN(C(=O)Cn1c(=O)oc2ccccc21)c1nc2c(s1)CCCC2. The zero-order valence-electron chi connectivity index (χ0n) is 14.3. The second-order valence-electron chi connectivity index (χ2n) is 6.29. The van der Waals surface area contributed by atoms with E-state index in [0.29, 0.717) is 22.8 Å². The van der Waals surface area contributed by atoms with Crippen LogP contribution in [0, 0.1) is 0 Å². The van der Waals surface area contributed by atoms with Crippen molar-refractivity contribution in [3.8, 4) is 0 Å². The predicted molar refractivity (Wildman–Crippen MR) is 102 cm³/mol. The van der Waals surface area contributed by atoms with Crippen LogP contribution in [0.25, 0.3) is 11.1 Å². The lowest BCUT2D eigenvalue weighted by atomic mass is 10.0. The highest BCUT2D eigenvalue weighted by Crippen LogP contribution is 2.32. The normalized spacial score (nSPS) is 13.5. The number of anilines is 1. The molecule has 1 aliphatic rings. The van der Waals surface area contributed by atoms with Gasteiger partial charge in [-0.3, -0.25) is 14.3 Å². The first-order valence-electron chi connectivity index (χ1n) is 8.65. The number of carbonyl (C=O) groups is 1. The fourth-order valence-corrected chi connectivity index (χ4v) is 4.43. The van der Waals surface area contributed by atoms with Gasteiger partial charge in [-0.05, 0) is 37.8 Å². The maximum Gasteiger partial charge on any atom is 0.420 e. The summed E-state index contributed by atoms with van der Waals surface area (Å²) in [5.74, 6) is -0.735. The lowest BCUT2D eigenvalue weighted by Crippen LogP contribution is -2.35. The lowest BCUT2D eigenvalue weighted by molar-refractivity contribution is -0.119. The number of rotatable bonds is 5. The van der Waals surface area contributed by atoms with Crippen LogP contribution < -0.4 is 10.7 Å². The van der Waals surface area contributed by atoms with Gasteiger partial charge < -0.3 is 4.42 Å². The molecule has 1 aliphatic carbocycles. The van der Waals surface area contributed by atoms with Crippen LogP contribution in [0.4, 0.5) is 5.13 Å². The number of thiazole rings is 1. The van der Waals surface area contributed by atoms with Gasteiger partial charge in [0.05, 0.1) is 11.2 Å². The smallest absolute Gasteiger partial charge is 0.408 e. The molecular weight excluding hydrogens is 350 g/mol. The Morgan fingerprint density at radius 2 is 2.15 bits per heavy atom. The Hall–Kier alpha value is -2.67. The molecule has 2 heterocycles. The molecule has 2 aromatic heterocycles. The first kappa shape index (κ1) is 16.8. The number of nitrogens with zero attached hydrogens (tertiary/aromatic N) is 3. The second kappa shape index (κ2) is 6.92. The zero-order valence-corrected chi connectivity index (χ0v) is 15.1. The molecule has 1 amide bonds. The summed E-state index contributed by atoms with van der Waals surface area (Å²) in [6.45, 7) is 4.02. The lowest BCUT2D eigenvalue weighted by Gasteiger charge is -2.18. The monoisotopic (exact) mass is 369 g/mol. The highest BCUT2D eigenvalue weighted by atomic mass is 32.1. The van der Waals surface area contributed by atoms with Crippen molar-refractivity contribution in [2.45, 2.75) is 32.2 Å². The van der Waals surface area contributed by atoms with E-state index < -0.39 is 5.76 Å². The summed E-state index contributed by atoms with van der Waals surface area (Å²) in [5, 5.41) is 0.683. The number of aryl methyl sites for hydroxylation is 2. The van der Waals surface area contributed by atoms with Gasteiger partial charge in [-0.25, -0.2) is 9.78 Å². The van der Waals surface area contributed by atoms with Crippen molar-refractivity contribution in [3.05, 3.63) is 58.0 Å². The number of aromatic nitrogens is 2. The average molecular weight is 369 g/mol. The summed E-state index contributed by atoms with van der Waals surface area (Å²) in [4.78, 5) is 32.6. The topological polar surface area (TPSA) is 68.3 Å². The van der Waals surface area contributed by atoms with Gasteiger partial charge >= 0.3 is 5.76 Å². The minimum Gasteiger partial charge on any atom is -0.408 e. The Bertz CT molecular complexity index is 1010. The molecular formula is C19H19N3O3S. The summed E-state index contributed by atoms with van der Waals surface area (Å²) in [6.07, 6.45) is 5.97. The third kappa shape index (κ3) is 2.99. The van der Waals surface area contributed by atoms with Crippen LogP contribution in [0.2, 0.25) is 0 Å². The average Bonchev–Trinajstić information content (AvgIpc) is 3.20.